The van der Waals surface area contributed by atoms with E-state index < -0.39 is 0 Å². The molecule has 0 bridgehead atoms. The van der Waals surface area contributed by atoms with E-state index in [0.717, 1.165) is 5.75 Å². The number of hydrogen-bond acceptors (Lipinski definition) is 3. The molecule has 0 saturated carbocycles. The quantitative estimate of drug-likeness (QED) is 0.354. The number of thioether (sulfide) groups is 1. The zero-order chi connectivity index (χ0) is 7.98. The van der Waals surface area contributed by atoms with Crippen molar-refractivity contribution in [2.24, 2.45) is 0 Å². The van der Waals surface area contributed by atoms with Gasteiger partial charge >= 0.3 is 5.97 Å². The first-order valence-electron chi connectivity index (χ1n) is 3.00. The summed E-state index contributed by atoms with van der Waals surface area (Å²) in [6.07, 6.45) is 1.97. The van der Waals surface area contributed by atoms with E-state index in [2.05, 4.69) is 6.58 Å². The summed E-state index contributed by atoms with van der Waals surface area (Å²) >= 11 is 1.65. The molecule has 0 rings (SSSR count). The van der Waals surface area contributed by atoms with E-state index in [-0.39, 0.29) is 5.97 Å². The molecule has 10 heavy (non-hydrogen) atoms. The molecule has 0 aromatic rings. The first-order chi connectivity index (χ1) is 4.68. The normalized spacial score (nSPS) is 9.00. The minimum Gasteiger partial charge on any atom is -0.461 e. The SMILES string of the molecule is C=C(C)C(=O)OCCSC. The van der Waals surface area contributed by atoms with Crippen LogP contribution in [0.4, 0.5) is 0 Å². The molecule has 0 aromatic heterocycles. The van der Waals surface area contributed by atoms with E-state index in [4.69, 9.17) is 4.74 Å². The molecule has 0 aliphatic carbocycles. The topological polar surface area (TPSA) is 26.3 Å². The number of carbonyl (C=O) groups is 1. The fourth-order valence-corrected chi connectivity index (χ4v) is 0.591. The van der Waals surface area contributed by atoms with Crippen molar-refractivity contribution < 1.29 is 9.53 Å². The van der Waals surface area contributed by atoms with E-state index in [1.807, 2.05) is 6.26 Å². The lowest BCUT2D eigenvalue weighted by Crippen LogP contribution is -2.07. The van der Waals surface area contributed by atoms with Crippen molar-refractivity contribution in [3.05, 3.63) is 12.2 Å². The van der Waals surface area contributed by atoms with E-state index in [9.17, 15) is 4.79 Å². The highest BCUT2D eigenvalue weighted by Gasteiger charge is 2.00. The lowest BCUT2D eigenvalue weighted by Gasteiger charge is -2.00. The van der Waals surface area contributed by atoms with Gasteiger partial charge in [0.05, 0.1) is 0 Å². The fourth-order valence-electron chi connectivity index (χ4n) is 0.341. The minimum absolute atomic E-state index is 0.297. The van der Waals surface area contributed by atoms with Gasteiger partial charge < -0.3 is 4.74 Å². The summed E-state index contributed by atoms with van der Waals surface area (Å²) in [5.41, 5.74) is 0.459. The van der Waals surface area contributed by atoms with Crippen LogP contribution in [0.5, 0.6) is 0 Å². The summed E-state index contributed by atoms with van der Waals surface area (Å²) < 4.78 is 4.78. The van der Waals surface area contributed by atoms with Crippen molar-refractivity contribution in [3.63, 3.8) is 0 Å². The van der Waals surface area contributed by atoms with Crippen molar-refractivity contribution in [3.8, 4) is 0 Å². The van der Waals surface area contributed by atoms with Gasteiger partial charge in [-0.25, -0.2) is 4.79 Å². The van der Waals surface area contributed by atoms with Crippen LogP contribution in [0.3, 0.4) is 0 Å². The summed E-state index contributed by atoms with van der Waals surface area (Å²) in [6, 6.07) is 0. The Hall–Kier alpha value is -0.440. The maximum absolute atomic E-state index is 10.7. The molecule has 0 fully saturated rings. The molecule has 0 unspecified atom stereocenters. The number of rotatable bonds is 4. The highest BCUT2D eigenvalue weighted by molar-refractivity contribution is 7.98. The van der Waals surface area contributed by atoms with Gasteiger partial charge in [-0.3, -0.25) is 0 Å². The van der Waals surface area contributed by atoms with Crippen LogP contribution in [-0.2, 0) is 9.53 Å². The van der Waals surface area contributed by atoms with Crippen LogP contribution in [0.15, 0.2) is 12.2 Å². The van der Waals surface area contributed by atoms with Gasteiger partial charge in [0.25, 0.3) is 0 Å². The molecular formula is C7H12O2S. The predicted molar refractivity (Wildman–Crippen MR) is 44.2 cm³/mol. The van der Waals surface area contributed by atoms with Crippen molar-refractivity contribution >= 4 is 17.7 Å². The molecule has 0 atom stereocenters. The average molecular weight is 160 g/mol. The van der Waals surface area contributed by atoms with Gasteiger partial charge in [-0.15, -0.1) is 0 Å². The van der Waals surface area contributed by atoms with E-state index >= 15 is 0 Å². The van der Waals surface area contributed by atoms with Crippen LogP contribution in [0.2, 0.25) is 0 Å². The lowest BCUT2D eigenvalue weighted by molar-refractivity contribution is -0.138. The summed E-state index contributed by atoms with van der Waals surface area (Å²) in [5, 5.41) is 0. The van der Waals surface area contributed by atoms with E-state index in [1.54, 1.807) is 18.7 Å². The molecule has 0 saturated heterocycles. The molecular weight excluding hydrogens is 148 g/mol. The first-order valence-corrected chi connectivity index (χ1v) is 4.39. The molecule has 0 aromatic carbocycles. The van der Waals surface area contributed by atoms with Crippen molar-refractivity contribution in [1.29, 1.82) is 0 Å². The lowest BCUT2D eigenvalue weighted by atomic mass is 10.4. The van der Waals surface area contributed by atoms with Gasteiger partial charge in [0.2, 0.25) is 0 Å². The first kappa shape index (κ1) is 9.56. The summed E-state index contributed by atoms with van der Waals surface area (Å²) in [6.45, 7) is 5.57. The van der Waals surface area contributed by atoms with Gasteiger partial charge in [0.1, 0.15) is 6.61 Å². The van der Waals surface area contributed by atoms with E-state index in [1.165, 1.54) is 0 Å². The second kappa shape index (κ2) is 5.35. The minimum atomic E-state index is -0.297. The van der Waals surface area contributed by atoms with Crippen molar-refractivity contribution in [1.82, 2.24) is 0 Å². The third kappa shape index (κ3) is 4.44. The Morgan fingerprint density at radius 1 is 1.70 bits per heavy atom. The number of esters is 1. The Bertz CT molecular complexity index is 132. The molecule has 0 heterocycles. The van der Waals surface area contributed by atoms with Gasteiger partial charge in [0.15, 0.2) is 0 Å². The molecule has 3 heteroatoms. The van der Waals surface area contributed by atoms with Gasteiger partial charge in [-0.1, -0.05) is 6.58 Å². The van der Waals surface area contributed by atoms with Gasteiger partial charge in [-0.2, -0.15) is 11.8 Å². The predicted octanol–water partition coefficient (Wildman–Crippen LogP) is 1.47. The number of ether oxygens (including phenoxy) is 1. The standard InChI is InChI=1S/C7H12O2S/c1-6(2)7(8)9-4-5-10-3/h1,4-5H2,2-3H3. The van der Waals surface area contributed by atoms with Crippen molar-refractivity contribution in [2.75, 3.05) is 18.6 Å². The smallest absolute Gasteiger partial charge is 0.333 e. The molecule has 0 spiro atoms. The number of hydrogen-bond donors (Lipinski definition) is 0. The number of carbonyl (C=O) groups excluding carboxylic acids is 1. The highest BCUT2D eigenvalue weighted by Crippen LogP contribution is 1.95. The zero-order valence-electron chi connectivity index (χ0n) is 6.35. The molecule has 2 nitrogen and oxygen atoms in total. The van der Waals surface area contributed by atoms with Crippen LogP contribution in [0, 0.1) is 0 Å². The van der Waals surface area contributed by atoms with Crippen LogP contribution < -0.4 is 0 Å². The zero-order valence-corrected chi connectivity index (χ0v) is 7.16. The Morgan fingerprint density at radius 3 is 2.70 bits per heavy atom. The molecule has 0 N–H and O–H groups in total. The van der Waals surface area contributed by atoms with Crippen LogP contribution in [0.1, 0.15) is 6.92 Å². The summed E-state index contributed by atoms with van der Waals surface area (Å²) in [4.78, 5) is 10.7. The molecule has 0 radical (unpaired) electrons. The average Bonchev–Trinajstić information content (AvgIpc) is 1.88. The van der Waals surface area contributed by atoms with Crippen LogP contribution in [0.25, 0.3) is 0 Å². The largest absolute Gasteiger partial charge is 0.461 e. The Kier molecular flexibility index (Phi) is 5.12. The third-order valence-corrected chi connectivity index (χ3v) is 1.44. The highest BCUT2D eigenvalue weighted by atomic mass is 32.2. The monoisotopic (exact) mass is 160 g/mol. The molecule has 0 aliphatic heterocycles. The van der Waals surface area contributed by atoms with E-state index in [0.29, 0.717) is 12.2 Å². The Balaban J connectivity index is 3.31. The third-order valence-electron chi connectivity index (χ3n) is 0.869. The Morgan fingerprint density at radius 2 is 2.30 bits per heavy atom. The van der Waals surface area contributed by atoms with Crippen molar-refractivity contribution in [2.45, 2.75) is 6.92 Å². The fraction of sp³-hybridized carbons (Fsp3) is 0.571. The second-order valence-electron chi connectivity index (χ2n) is 1.91. The van der Waals surface area contributed by atoms with Crippen LogP contribution >= 0.6 is 11.8 Å². The summed E-state index contributed by atoms with van der Waals surface area (Å²) in [5.74, 6) is 0.549. The molecule has 58 valence electrons. The second-order valence-corrected chi connectivity index (χ2v) is 2.89. The maximum Gasteiger partial charge on any atom is 0.333 e. The summed E-state index contributed by atoms with van der Waals surface area (Å²) in [7, 11) is 0. The van der Waals surface area contributed by atoms with Gasteiger partial charge in [0, 0.05) is 11.3 Å². The molecule has 0 aliphatic rings. The van der Waals surface area contributed by atoms with Gasteiger partial charge in [-0.05, 0) is 13.2 Å². The van der Waals surface area contributed by atoms with Crippen LogP contribution in [-0.4, -0.2) is 24.6 Å². The molecule has 0 amide bonds. The maximum atomic E-state index is 10.7. The Labute approximate surface area is 65.6 Å².